The van der Waals surface area contributed by atoms with Crippen LogP contribution in [0.2, 0.25) is 0 Å². The van der Waals surface area contributed by atoms with Gasteiger partial charge in [-0.3, -0.25) is 0 Å². The van der Waals surface area contributed by atoms with Crippen molar-refractivity contribution in [3.05, 3.63) is 0 Å². The molecule has 1 saturated carbocycles. The second-order valence-corrected chi connectivity index (χ2v) is 6.95. The average molecular weight is 270 g/mol. The minimum absolute atomic E-state index is 0.492. The van der Waals surface area contributed by atoms with Crippen LogP contribution in [0.4, 0.5) is 0 Å². The minimum atomic E-state index is 0.492. The van der Waals surface area contributed by atoms with Crippen molar-refractivity contribution in [1.29, 1.82) is 0 Å². The smallest absolute Gasteiger partial charge is 0.183 e. The van der Waals surface area contributed by atoms with Crippen LogP contribution in [0, 0.1) is 17.8 Å². The molecule has 2 heteroatoms. The van der Waals surface area contributed by atoms with Crippen LogP contribution in [0.3, 0.4) is 0 Å². The van der Waals surface area contributed by atoms with Crippen LogP contribution in [-0.4, -0.2) is 37.0 Å². The van der Waals surface area contributed by atoms with Crippen LogP contribution in [0.1, 0.15) is 60.8 Å². The lowest BCUT2D eigenvalue weighted by atomic mass is 9.75. The Morgan fingerprint density at radius 3 is 2.11 bits per heavy atom. The summed E-state index contributed by atoms with van der Waals surface area (Å²) in [5.74, 6) is 2.36. The number of nitrogens with zero attached hydrogens (tertiary/aromatic N) is 1. The first-order chi connectivity index (χ1) is 8.98. The molecule has 0 saturated heterocycles. The van der Waals surface area contributed by atoms with E-state index in [1.807, 2.05) is 0 Å². The van der Waals surface area contributed by atoms with E-state index < -0.39 is 0 Å². The fraction of sp³-hybridized carbons (Fsp3) is 1.00. The molecule has 0 heterocycles. The molecule has 1 rings (SSSR count). The lowest BCUT2D eigenvalue weighted by molar-refractivity contribution is -0.942. The van der Waals surface area contributed by atoms with Crippen LogP contribution in [0.5, 0.6) is 0 Å². The first-order valence-electron chi connectivity index (χ1n) is 8.44. The predicted octanol–water partition coefficient (Wildman–Crippen LogP) is 4.30. The van der Waals surface area contributed by atoms with Crippen LogP contribution in [-0.2, 0) is 4.74 Å². The van der Waals surface area contributed by atoms with Gasteiger partial charge in [-0.25, -0.2) is 0 Å². The summed E-state index contributed by atoms with van der Waals surface area (Å²) < 4.78 is 7.54. The SMILES string of the molecule is CC[N+](CC)(CC)CO[C@@H]1C[C@H](C)CC[C@H]1C(C)C. The first-order valence-corrected chi connectivity index (χ1v) is 8.44. The van der Waals surface area contributed by atoms with Crippen molar-refractivity contribution in [2.45, 2.75) is 66.9 Å². The molecule has 0 unspecified atom stereocenters. The second kappa shape index (κ2) is 7.64. The van der Waals surface area contributed by atoms with E-state index in [-0.39, 0.29) is 0 Å². The number of quaternary nitrogens is 1. The Morgan fingerprint density at radius 2 is 1.63 bits per heavy atom. The maximum atomic E-state index is 6.44. The highest BCUT2D eigenvalue weighted by atomic mass is 16.5. The van der Waals surface area contributed by atoms with Gasteiger partial charge in [0.2, 0.25) is 0 Å². The average Bonchev–Trinajstić information content (AvgIpc) is 2.40. The molecule has 1 aliphatic rings. The molecule has 0 bridgehead atoms. The van der Waals surface area contributed by atoms with E-state index in [0.717, 1.165) is 29.0 Å². The maximum Gasteiger partial charge on any atom is 0.183 e. The Morgan fingerprint density at radius 1 is 1.05 bits per heavy atom. The molecule has 0 aliphatic heterocycles. The van der Waals surface area contributed by atoms with Gasteiger partial charge in [0.1, 0.15) is 0 Å². The van der Waals surface area contributed by atoms with Gasteiger partial charge in [-0.15, -0.1) is 0 Å². The van der Waals surface area contributed by atoms with E-state index in [2.05, 4.69) is 41.5 Å². The third-order valence-corrected chi connectivity index (χ3v) is 5.54. The molecule has 0 amide bonds. The number of hydrogen-bond acceptors (Lipinski definition) is 1. The van der Waals surface area contributed by atoms with Gasteiger partial charge in [-0.1, -0.05) is 27.2 Å². The molecule has 0 spiro atoms. The summed E-state index contributed by atoms with van der Waals surface area (Å²) >= 11 is 0. The molecular weight excluding hydrogens is 234 g/mol. The fourth-order valence-corrected chi connectivity index (χ4v) is 3.50. The highest BCUT2D eigenvalue weighted by molar-refractivity contribution is 4.81. The summed E-state index contributed by atoms with van der Waals surface area (Å²) in [7, 11) is 0. The van der Waals surface area contributed by atoms with Crippen molar-refractivity contribution in [1.82, 2.24) is 0 Å². The van der Waals surface area contributed by atoms with Gasteiger partial charge < -0.3 is 9.22 Å². The molecule has 1 aliphatic carbocycles. The topological polar surface area (TPSA) is 9.23 Å². The molecule has 0 N–H and O–H groups in total. The van der Waals surface area contributed by atoms with Crippen molar-refractivity contribution >= 4 is 0 Å². The zero-order valence-corrected chi connectivity index (χ0v) is 14.1. The molecular formula is C17H36NO+. The Bertz CT molecular complexity index is 239. The standard InChI is InChI=1S/C17H36NO/c1-7-18(8-2,9-3)13-19-17-12-15(6)10-11-16(17)14(4)5/h14-17H,7-13H2,1-6H3/q+1/t15-,16+,17-/m1/s1. The first kappa shape index (κ1) is 17.0. The predicted molar refractivity (Wildman–Crippen MR) is 83.0 cm³/mol. The van der Waals surface area contributed by atoms with Crippen LogP contribution in [0.25, 0.3) is 0 Å². The minimum Gasteiger partial charge on any atom is -0.328 e. The van der Waals surface area contributed by atoms with E-state index in [1.165, 1.54) is 38.9 Å². The molecule has 0 aromatic heterocycles. The van der Waals surface area contributed by atoms with Gasteiger partial charge >= 0.3 is 0 Å². The summed E-state index contributed by atoms with van der Waals surface area (Å²) in [4.78, 5) is 0. The molecule has 0 aromatic carbocycles. The zero-order valence-electron chi connectivity index (χ0n) is 14.1. The monoisotopic (exact) mass is 270 g/mol. The summed E-state index contributed by atoms with van der Waals surface area (Å²) in [6, 6.07) is 0. The van der Waals surface area contributed by atoms with Crippen LogP contribution < -0.4 is 0 Å². The largest absolute Gasteiger partial charge is 0.328 e. The third kappa shape index (κ3) is 4.46. The van der Waals surface area contributed by atoms with Gasteiger partial charge in [0.25, 0.3) is 0 Å². The number of rotatable bonds is 7. The summed E-state index contributed by atoms with van der Waals surface area (Å²) in [6.45, 7) is 18.4. The summed E-state index contributed by atoms with van der Waals surface area (Å²) in [5.41, 5.74) is 0. The van der Waals surface area contributed by atoms with Gasteiger partial charge in [0.05, 0.1) is 25.7 Å². The molecule has 3 atom stereocenters. The highest BCUT2D eigenvalue weighted by Gasteiger charge is 2.33. The van der Waals surface area contributed by atoms with Crippen molar-refractivity contribution in [3.8, 4) is 0 Å². The highest BCUT2D eigenvalue weighted by Crippen LogP contribution is 2.35. The van der Waals surface area contributed by atoms with E-state index in [0.29, 0.717) is 6.10 Å². The molecule has 0 aromatic rings. The lowest BCUT2D eigenvalue weighted by Crippen LogP contribution is -2.51. The van der Waals surface area contributed by atoms with Crippen LogP contribution >= 0.6 is 0 Å². The van der Waals surface area contributed by atoms with Gasteiger partial charge in [0, 0.05) is 0 Å². The molecule has 114 valence electrons. The Kier molecular flexibility index (Phi) is 6.82. The molecule has 2 nitrogen and oxygen atoms in total. The van der Waals surface area contributed by atoms with E-state index >= 15 is 0 Å². The Labute approximate surface area is 121 Å². The lowest BCUT2D eigenvalue weighted by Gasteiger charge is -2.41. The van der Waals surface area contributed by atoms with Crippen molar-refractivity contribution in [2.75, 3.05) is 26.4 Å². The quantitative estimate of drug-likeness (QED) is 0.495. The van der Waals surface area contributed by atoms with Gasteiger partial charge in [-0.2, -0.15) is 0 Å². The van der Waals surface area contributed by atoms with E-state index in [4.69, 9.17) is 4.74 Å². The van der Waals surface area contributed by atoms with E-state index in [1.54, 1.807) is 0 Å². The normalized spacial score (nSPS) is 28.9. The zero-order chi connectivity index (χ0) is 14.5. The molecule has 1 fully saturated rings. The van der Waals surface area contributed by atoms with Gasteiger partial charge in [0.15, 0.2) is 6.73 Å². The molecule has 0 radical (unpaired) electrons. The Hall–Kier alpha value is -0.0800. The van der Waals surface area contributed by atoms with Crippen molar-refractivity contribution in [2.24, 2.45) is 17.8 Å². The fourth-order valence-electron chi connectivity index (χ4n) is 3.50. The third-order valence-electron chi connectivity index (χ3n) is 5.54. The summed E-state index contributed by atoms with van der Waals surface area (Å²) in [5, 5.41) is 0. The van der Waals surface area contributed by atoms with E-state index in [9.17, 15) is 0 Å². The van der Waals surface area contributed by atoms with Gasteiger partial charge in [-0.05, 0) is 51.4 Å². The van der Waals surface area contributed by atoms with Crippen molar-refractivity contribution in [3.63, 3.8) is 0 Å². The second-order valence-electron chi connectivity index (χ2n) is 6.95. The Balaban J connectivity index is 2.61. The summed E-state index contributed by atoms with van der Waals surface area (Å²) in [6.07, 6.45) is 4.50. The number of hydrogen-bond donors (Lipinski definition) is 0. The molecule has 19 heavy (non-hydrogen) atoms. The van der Waals surface area contributed by atoms with Crippen LogP contribution in [0.15, 0.2) is 0 Å². The number of ether oxygens (including phenoxy) is 1. The maximum absolute atomic E-state index is 6.44. The van der Waals surface area contributed by atoms with Crippen molar-refractivity contribution < 1.29 is 9.22 Å².